The third-order valence-corrected chi connectivity index (χ3v) is 11.2. The van der Waals surface area contributed by atoms with Gasteiger partial charge in [-0.05, 0) is 14.8 Å². The lowest BCUT2D eigenvalue weighted by Gasteiger charge is -2.33. The number of halogens is 1. The molecule has 0 aromatic rings. The van der Waals surface area contributed by atoms with Crippen molar-refractivity contribution in [3.8, 4) is 0 Å². The summed E-state index contributed by atoms with van der Waals surface area (Å²) in [4.78, 5) is 0. The average Bonchev–Trinajstić information content (AvgIpc) is 1.25. The minimum absolute atomic E-state index is 0. The third-order valence-electron chi connectivity index (χ3n) is 2.25. The van der Waals surface area contributed by atoms with E-state index in [1.54, 1.807) is 0 Å². The Morgan fingerprint density at radius 3 is 1.22 bits per heavy atom. The second-order valence-electron chi connectivity index (χ2n) is 4.50. The van der Waals surface area contributed by atoms with Crippen molar-refractivity contribution in [3.63, 3.8) is 0 Å². The fourth-order valence-electron chi connectivity index (χ4n) is 0. The lowest BCUT2D eigenvalue weighted by molar-refractivity contribution is 0.735. The van der Waals surface area contributed by atoms with Crippen LogP contribution in [0.1, 0.15) is 20.8 Å². The van der Waals surface area contributed by atoms with Gasteiger partial charge >= 0.3 is 0 Å². The molecule has 0 nitrogen and oxygen atoms in total. The monoisotopic (exact) mass is 182 g/mol. The van der Waals surface area contributed by atoms with Crippen molar-refractivity contribution in [1.82, 2.24) is 0 Å². The Kier molecular flexibility index (Phi) is 4.43. The van der Waals surface area contributed by atoms with Crippen LogP contribution in [0.2, 0.25) is 18.1 Å². The standard InChI is InChI=1S/C6H18Si2.ClH/c1-6(2,3)8(4,5)7;/h1-5,7H3;1H. The Balaban J connectivity index is 0. The number of rotatable bonds is 0. The molecule has 0 aromatic carbocycles. The Morgan fingerprint density at radius 2 is 1.22 bits per heavy atom. The zero-order valence-corrected chi connectivity index (χ0v) is 11.2. The third kappa shape index (κ3) is 4.17. The number of hydrogen-bond donors (Lipinski definition) is 0. The minimum atomic E-state index is -0.720. The zero-order valence-electron chi connectivity index (χ0n) is 7.41. The first-order valence-electron chi connectivity index (χ1n) is 3.25. The summed E-state index contributed by atoms with van der Waals surface area (Å²) >= 11 is 0. The van der Waals surface area contributed by atoms with Crippen LogP contribution in [0, 0.1) is 0 Å². The molecule has 0 spiro atoms. The van der Waals surface area contributed by atoms with Gasteiger partial charge in [0, 0.05) is 7.59 Å². The van der Waals surface area contributed by atoms with Crippen molar-refractivity contribution < 1.29 is 0 Å². The van der Waals surface area contributed by atoms with E-state index in [1.165, 1.54) is 9.76 Å². The van der Waals surface area contributed by atoms with Crippen LogP contribution in [0.15, 0.2) is 0 Å². The Labute approximate surface area is 69.1 Å². The molecule has 0 heterocycles. The van der Waals surface area contributed by atoms with Crippen molar-refractivity contribution in [1.29, 1.82) is 0 Å². The molecule has 0 rings (SSSR count). The maximum absolute atomic E-state index is 2.47. The van der Waals surface area contributed by atoms with E-state index in [2.05, 4.69) is 33.9 Å². The largest absolute Gasteiger partial charge is 0.147 e. The molecule has 0 saturated heterocycles. The highest BCUT2D eigenvalue weighted by atomic mass is 35.5. The molecule has 0 aliphatic rings. The smallest absolute Gasteiger partial charge is 0.0356 e. The molecule has 0 N–H and O–H groups in total. The van der Waals surface area contributed by atoms with Gasteiger partial charge in [0.25, 0.3) is 0 Å². The molecule has 58 valence electrons. The van der Waals surface area contributed by atoms with Gasteiger partial charge < -0.3 is 0 Å². The lowest BCUT2D eigenvalue weighted by atomic mass is 10.2. The van der Waals surface area contributed by atoms with Crippen LogP contribution in [0.3, 0.4) is 0 Å². The predicted molar refractivity (Wildman–Crippen MR) is 54.4 cm³/mol. The summed E-state index contributed by atoms with van der Waals surface area (Å²) in [5.74, 6) is 0. The molecule has 0 amide bonds. The van der Waals surface area contributed by atoms with Gasteiger partial charge in [-0.3, -0.25) is 0 Å². The van der Waals surface area contributed by atoms with Gasteiger partial charge in [0.05, 0.1) is 0 Å². The van der Waals surface area contributed by atoms with Crippen LogP contribution >= 0.6 is 12.4 Å². The highest BCUT2D eigenvalue weighted by Gasteiger charge is 2.28. The maximum atomic E-state index is 2.47. The molecular weight excluding hydrogens is 164 g/mol. The summed E-state index contributed by atoms with van der Waals surface area (Å²) in [6.07, 6.45) is 0. The first-order valence-corrected chi connectivity index (χ1v) is 9.75. The van der Waals surface area contributed by atoms with E-state index in [1.807, 2.05) is 0 Å². The molecule has 0 radical (unpaired) electrons. The van der Waals surface area contributed by atoms with Gasteiger partial charge in [0.15, 0.2) is 0 Å². The van der Waals surface area contributed by atoms with E-state index in [-0.39, 0.29) is 12.4 Å². The first-order chi connectivity index (χ1) is 3.25. The van der Waals surface area contributed by atoms with E-state index in [0.29, 0.717) is 5.04 Å². The topological polar surface area (TPSA) is 0 Å². The van der Waals surface area contributed by atoms with Crippen LogP contribution in [-0.2, 0) is 0 Å². The molecular formula is C6H19ClSi2. The van der Waals surface area contributed by atoms with E-state index in [4.69, 9.17) is 0 Å². The Morgan fingerprint density at radius 1 is 1.11 bits per heavy atom. The molecule has 0 bridgehead atoms. The van der Waals surface area contributed by atoms with Gasteiger partial charge in [-0.2, -0.15) is 0 Å². The van der Waals surface area contributed by atoms with Crippen molar-refractivity contribution in [2.75, 3.05) is 0 Å². The SMILES string of the molecule is CC(C)(C)[Si](C)(C)[SiH3].Cl. The van der Waals surface area contributed by atoms with Gasteiger partial charge in [-0.15, -0.1) is 12.4 Å². The normalized spacial score (nSPS) is 13.0. The van der Waals surface area contributed by atoms with Crippen LogP contribution in [0.25, 0.3) is 0 Å². The summed E-state index contributed by atoms with van der Waals surface area (Å²) < 4.78 is 0. The van der Waals surface area contributed by atoms with Crippen LogP contribution in [-0.4, -0.2) is 17.4 Å². The molecule has 0 fully saturated rings. The summed E-state index contributed by atoms with van der Waals surface area (Å²) in [6, 6.07) is 0. The molecule has 0 aromatic heterocycles. The van der Waals surface area contributed by atoms with E-state index in [0.717, 1.165) is 0 Å². The van der Waals surface area contributed by atoms with Crippen LogP contribution in [0.5, 0.6) is 0 Å². The summed E-state index contributed by atoms with van der Waals surface area (Å²) in [7, 11) is 0.706. The van der Waals surface area contributed by atoms with E-state index in [9.17, 15) is 0 Å². The minimum Gasteiger partial charge on any atom is -0.147 e. The lowest BCUT2D eigenvalue weighted by Crippen LogP contribution is -2.37. The zero-order chi connectivity index (χ0) is 7.00. The van der Waals surface area contributed by atoms with Gasteiger partial charge in [-0.25, -0.2) is 0 Å². The van der Waals surface area contributed by atoms with Crippen LogP contribution < -0.4 is 0 Å². The van der Waals surface area contributed by atoms with Gasteiger partial charge in [-0.1, -0.05) is 33.9 Å². The number of hydrogen-bond acceptors (Lipinski definition) is 0. The summed E-state index contributed by atoms with van der Waals surface area (Å²) in [5.41, 5.74) is 0. The van der Waals surface area contributed by atoms with E-state index < -0.39 is 7.59 Å². The average molecular weight is 183 g/mol. The fraction of sp³-hybridized carbons (Fsp3) is 1.00. The molecule has 9 heavy (non-hydrogen) atoms. The highest BCUT2D eigenvalue weighted by Crippen LogP contribution is 2.32. The highest BCUT2D eigenvalue weighted by molar-refractivity contribution is 7.17. The quantitative estimate of drug-likeness (QED) is 0.502. The van der Waals surface area contributed by atoms with Crippen molar-refractivity contribution in [2.24, 2.45) is 0 Å². The second kappa shape index (κ2) is 3.21. The summed E-state index contributed by atoms with van der Waals surface area (Å²) in [6.45, 7) is 12.0. The molecule has 0 saturated carbocycles. The van der Waals surface area contributed by atoms with Crippen molar-refractivity contribution in [3.05, 3.63) is 0 Å². The molecule has 0 atom stereocenters. The molecule has 0 aliphatic heterocycles. The first kappa shape index (κ1) is 12.4. The summed E-state index contributed by atoms with van der Waals surface area (Å²) in [5, 5.41) is 0.638. The maximum Gasteiger partial charge on any atom is 0.0356 e. The van der Waals surface area contributed by atoms with Gasteiger partial charge in [0.2, 0.25) is 0 Å². The molecule has 0 aliphatic carbocycles. The Bertz CT molecular complexity index is 66.0. The van der Waals surface area contributed by atoms with Crippen molar-refractivity contribution in [2.45, 2.75) is 38.9 Å². The fourth-order valence-corrected chi connectivity index (χ4v) is 0. The van der Waals surface area contributed by atoms with Crippen molar-refractivity contribution >= 4 is 29.8 Å². The molecule has 3 heteroatoms. The van der Waals surface area contributed by atoms with Gasteiger partial charge in [0.1, 0.15) is 0 Å². The van der Waals surface area contributed by atoms with E-state index >= 15 is 0 Å². The Hall–Kier alpha value is 0.724. The molecule has 0 unspecified atom stereocenters. The second-order valence-corrected chi connectivity index (χ2v) is 18.0. The van der Waals surface area contributed by atoms with Crippen LogP contribution in [0.4, 0.5) is 0 Å². The predicted octanol–water partition coefficient (Wildman–Crippen LogP) is 1.78.